The topological polar surface area (TPSA) is 76.9 Å². The van der Waals surface area contributed by atoms with Crippen LogP contribution in [0.2, 0.25) is 0 Å². The van der Waals surface area contributed by atoms with Crippen molar-refractivity contribution in [2.24, 2.45) is 0 Å². The molecule has 22 heavy (non-hydrogen) atoms. The Morgan fingerprint density at radius 2 is 2.14 bits per heavy atom. The van der Waals surface area contributed by atoms with Gasteiger partial charge in [-0.1, -0.05) is 0 Å². The van der Waals surface area contributed by atoms with E-state index in [9.17, 15) is 9.59 Å². The van der Waals surface area contributed by atoms with Gasteiger partial charge in [0.1, 0.15) is 6.04 Å². The van der Waals surface area contributed by atoms with E-state index < -0.39 is 6.04 Å². The van der Waals surface area contributed by atoms with Crippen LogP contribution in [0.5, 0.6) is 0 Å². The van der Waals surface area contributed by atoms with E-state index in [0.717, 1.165) is 24.1 Å². The molecular formula is C16H18N4O2. The number of rotatable bonds is 4. The minimum absolute atomic E-state index is 0.269. The number of hydrogen-bond donors (Lipinski definition) is 1. The van der Waals surface area contributed by atoms with Crippen LogP contribution in [0.1, 0.15) is 43.0 Å². The summed E-state index contributed by atoms with van der Waals surface area (Å²) < 4.78 is 1.26. The molecule has 114 valence electrons. The van der Waals surface area contributed by atoms with Crippen LogP contribution in [0.3, 0.4) is 0 Å². The molecular weight excluding hydrogens is 280 g/mol. The van der Waals surface area contributed by atoms with Crippen LogP contribution in [-0.4, -0.2) is 20.7 Å². The monoisotopic (exact) mass is 298 g/mol. The van der Waals surface area contributed by atoms with Crippen molar-refractivity contribution in [1.29, 1.82) is 0 Å². The Hall–Kier alpha value is -2.50. The summed E-state index contributed by atoms with van der Waals surface area (Å²) in [5.41, 5.74) is 2.18. The molecule has 1 aliphatic carbocycles. The van der Waals surface area contributed by atoms with Gasteiger partial charge in [0.25, 0.3) is 5.56 Å². The Kier molecular flexibility index (Phi) is 3.75. The van der Waals surface area contributed by atoms with Crippen molar-refractivity contribution in [3.8, 4) is 0 Å². The van der Waals surface area contributed by atoms with Crippen LogP contribution in [0.25, 0.3) is 0 Å². The number of nitrogens with one attached hydrogen (secondary N) is 1. The van der Waals surface area contributed by atoms with Crippen molar-refractivity contribution in [3.05, 3.63) is 52.2 Å². The zero-order valence-electron chi connectivity index (χ0n) is 12.6. The van der Waals surface area contributed by atoms with Gasteiger partial charge >= 0.3 is 0 Å². The first kappa shape index (κ1) is 14.4. The van der Waals surface area contributed by atoms with Gasteiger partial charge in [0.2, 0.25) is 5.91 Å². The fraction of sp³-hybridized carbons (Fsp3) is 0.375. The molecule has 1 unspecified atom stereocenters. The van der Waals surface area contributed by atoms with E-state index in [-0.39, 0.29) is 11.5 Å². The van der Waals surface area contributed by atoms with Crippen LogP contribution in [0, 0.1) is 6.92 Å². The predicted octanol–water partition coefficient (Wildman–Crippen LogP) is 2.02. The van der Waals surface area contributed by atoms with E-state index in [2.05, 4.69) is 15.4 Å². The Morgan fingerprint density at radius 1 is 1.36 bits per heavy atom. The van der Waals surface area contributed by atoms with E-state index in [1.54, 1.807) is 25.4 Å². The summed E-state index contributed by atoms with van der Waals surface area (Å²) in [6, 6.07) is 4.38. The van der Waals surface area contributed by atoms with E-state index in [1.807, 2.05) is 13.0 Å². The molecule has 3 rings (SSSR count). The molecule has 0 spiro atoms. The lowest BCUT2D eigenvalue weighted by atomic mass is 10.2. The van der Waals surface area contributed by atoms with Crippen molar-refractivity contribution in [3.63, 3.8) is 0 Å². The molecule has 0 aliphatic heterocycles. The number of nitrogens with zero attached hydrogens (tertiary/aromatic N) is 3. The van der Waals surface area contributed by atoms with Crippen molar-refractivity contribution in [2.75, 3.05) is 5.32 Å². The number of aromatic nitrogens is 3. The summed E-state index contributed by atoms with van der Waals surface area (Å²) >= 11 is 0. The minimum Gasteiger partial charge on any atom is -0.323 e. The minimum atomic E-state index is -0.675. The summed E-state index contributed by atoms with van der Waals surface area (Å²) in [4.78, 5) is 28.4. The van der Waals surface area contributed by atoms with Crippen molar-refractivity contribution in [2.45, 2.75) is 38.6 Å². The van der Waals surface area contributed by atoms with E-state index in [4.69, 9.17) is 0 Å². The second kappa shape index (κ2) is 5.71. The lowest BCUT2D eigenvalue weighted by Crippen LogP contribution is -2.33. The lowest BCUT2D eigenvalue weighted by molar-refractivity contribution is -0.119. The Balaban J connectivity index is 1.82. The molecule has 2 aromatic rings. The second-order valence-corrected chi connectivity index (χ2v) is 5.67. The maximum atomic E-state index is 12.4. The fourth-order valence-electron chi connectivity index (χ4n) is 2.26. The Bertz CT molecular complexity index is 765. The average Bonchev–Trinajstić information content (AvgIpc) is 3.34. The molecule has 1 atom stereocenters. The van der Waals surface area contributed by atoms with Crippen LogP contribution in [0.4, 0.5) is 5.69 Å². The maximum Gasteiger partial charge on any atom is 0.267 e. The van der Waals surface area contributed by atoms with Gasteiger partial charge in [-0.05, 0) is 44.4 Å². The first-order valence-corrected chi connectivity index (χ1v) is 7.37. The molecule has 1 fully saturated rings. The summed E-state index contributed by atoms with van der Waals surface area (Å²) in [6.45, 7) is 3.56. The first-order valence-electron chi connectivity index (χ1n) is 7.37. The molecule has 0 radical (unpaired) electrons. The molecule has 1 amide bonds. The predicted molar refractivity (Wildman–Crippen MR) is 82.8 cm³/mol. The highest BCUT2D eigenvalue weighted by molar-refractivity contribution is 5.93. The smallest absolute Gasteiger partial charge is 0.267 e. The van der Waals surface area contributed by atoms with Gasteiger partial charge < -0.3 is 5.32 Å². The van der Waals surface area contributed by atoms with Gasteiger partial charge in [-0.15, -0.1) is 0 Å². The third kappa shape index (κ3) is 2.90. The highest BCUT2D eigenvalue weighted by Crippen LogP contribution is 2.38. The van der Waals surface area contributed by atoms with Crippen molar-refractivity contribution >= 4 is 11.6 Å². The summed E-state index contributed by atoms with van der Waals surface area (Å²) in [6.07, 6.45) is 5.46. The molecule has 1 aliphatic rings. The zero-order chi connectivity index (χ0) is 15.7. The van der Waals surface area contributed by atoms with Crippen LogP contribution in [-0.2, 0) is 4.79 Å². The lowest BCUT2D eigenvalue weighted by Gasteiger charge is -2.15. The van der Waals surface area contributed by atoms with E-state index in [1.165, 1.54) is 10.7 Å². The number of carbonyl (C=O) groups excluding carboxylic acids is 1. The Labute approximate surface area is 128 Å². The number of aryl methyl sites for hydroxylation is 1. The molecule has 6 nitrogen and oxygen atoms in total. The van der Waals surface area contributed by atoms with Crippen molar-refractivity contribution in [1.82, 2.24) is 14.8 Å². The molecule has 2 heterocycles. The maximum absolute atomic E-state index is 12.4. The van der Waals surface area contributed by atoms with Gasteiger partial charge in [0, 0.05) is 18.2 Å². The number of carbonyl (C=O) groups is 1. The summed E-state index contributed by atoms with van der Waals surface area (Å²) in [5.74, 6) is 0.154. The first-order chi connectivity index (χ1) is 10.6. The highest BCUT2D eigenvalue weighted by atomic mass is 16.2. The number of amides is 1. The third-order valence-electron chi connectivity index (χ3n) is 3.88. The van der Waals surface area contributed by atoms with Gasteiger partial charge in [-0.3, -0.25) is 14.6 Å². The zero-order valence-corrected chi connectivity index (χ0v) is 12.6. The quantitative estimate of drug-likeness (QED) is 0.937. The van der Waals surface area contributed by atoms with Gasteiger partial charge in [0.05, 0.1) is 17.6 Å². The fourth-order valence-corrected chi connectivity index (χ4v) is 2.26. The molecule has 6 heteroatoms. The number of pyridine rings is 1. The largest absolute Gasteiger partial charge is 0.323 e. The van der Waals surface area contributed by atoms with Crippen LogP contribution >= 0.6 is 0 Å². The molecule has 1 saturated carbocycles. The highest BCUT2D eigenvalue weighted by Gasteiger charge is 2.27. The second-order valence-electron chi connectivity index (χ2n) is 5.67. The van der Waals surface area contributed by atoms with Gasteiger partial charge in [0.15, 0.2) is 0 Å². The summed E-state index contributed by atoms with van der Waals surface area (Å²) in [7, 11) is 0. The van der Waals surface area contributed by atoms with Gasteiger partial charge in [-0.25, -0.2) is 4.68 Å². The number of hydrogen-bond acceptors (Lipinski definition) is 4. The average molecular weight is 298 g/mol. The van der Waals surface area contributed by atoms with E-state index in [0.29, 0.717) is 11.6 Å². The van der Waals surface area contributed by atoms with Crippen LogP contribution < -0.4 is 10.9 Å². The SMILES string of the molecule is Cc1ccncc1NC(=O)C(C)n1nc(C2CC2)ccc1=O. The molecule has 2 aromatic heterocycles. The Morgan fingerprint density at radius 3 is 2.82 bits per heavy atom. The molecule has 1 N–H and O–H groups in total. The van der Waals surface area contributed by atoms with Crippen molar-refractivity contribution < 1.29 is 4.79 Å². The molecule has 0 bridgehead atoms. The van der Waals surface area contributed by atoms with Crippen LogP contribution in [0.15, 0.2) is 35.4 Å². The number of anilines is 1. The van der Waals surface area contributed by atoms with Gasteiger partial charge in [-0.2, -0.15) is 5.10 Å². The third-order valence-corrected chi connectivity index (χ3v) is 3.88. The summed E-state index contributed by atoms with van der Waals surface area (Å²) in [5, 5.41) is 7.15. The van der Waals surface area contributed by atoms with E-state index >= 15 is 0 Å². The standard InChI is InChI=1S/C16H18N4O2/c1-10-7-8-17-9-14(10)18-16(22)11(2)20-15(21)6-5-13(19-20)12-3-4-12/h5-9,11-12H,3-4H2,1-2H3,(H,18,22). The molecule has 0 aromatic carbocycles. The normalized spacial score (nSPS) is 15.4. The molecule has 0 saturated heterocycles.